The number of hydrogen-bond donors (Lipinski definition) is 1. The zero-order chi connectivity index (χ0) is 11.8. The summed E-state index contributed by atoms with van der Waals surface area (Å²) in [7, 11) is 0. The van der Waals surface area contributed by atoms with Gasteiger partial charge in [0.15, 0.2) is 0 Å². The zero-order valence-corrected chi connectivity index (χ0v) is 10.7. The molecule has 0 amide bonds. The second-order valence-corrected chi connectivity index (χ2v) is 4.63. The number of aromatic nitrogens is 3. The van der Waals surface area contributed by atoms with E-state index >= 15 is 0 Å². The van der Waals surface area contributed by atoms with E-state index in [9.17, 15) is 0 Å². The van der Waals surface area contributed by atoms with Crippen LogP contribution in [0.2, 0.25) is 0 Å². The Kier molecular flexibility index (Phi) is 6.08. The van der Waals surface area contributed by atoms with Gasteiger partial charge in [0.2, 0.25) is 0 Å². The molecule has 1 heterocycles. The minimum Gasteiger partial charge on any atom is -0.310 e. The molecule has 92 valence electrons. The number of unbranched alkanes of at least 4 members (excludes halogenated alkanes) is 2. The highest BCUT2D eigenvalue weighted by molar-refractivity contribution is 4.83. The highest BCUT2D eigenvalue weighted by Crippen LogP contribution is 2.00. The van der Waals surface area contributed by atoms with Crippen molar-refractivity contribution in [2.24, 2.45) is 5.92 Å². The Morgan fingerprint density at radius 1 is 1.38 bits per heavy atom. The topological polar surface area (TPSA) is 42.7 Å². The molecule has 0 aliphatic rings. The van der Waals surface area contributed by atoms with Gasteiger partial charge < -0.3 is 5.32 Å². The van der Waals surface area contributed by atoms with E-state index in [4.69, 9.17) is 0 Å². The second-order valence-electron chi connectivity index (χ2n) is 4.63. The molecule has 0 atom stereocenters. The fourth-order valence-corrected chi connectivity index (χ4v) is 1.60. The quantitative estimate of drug-likeness (QED) is 0.688. The molecule has 0 radical (unpaired) electrons. The molecule has 0 fully saturated rings. The summed E-state index contributed by atoms with van der Waals surface area (Å²) in [6, 6.07) is 0. The maximum absolute atomic E-state index is 4.28. The van der Waals surface area contributed by atoms with Crippen LogP contribution in [0.1, 0.15) is 45.9 Å². The molecule has 0 unspecified atom stereocenters. The van der Waals surface area contributed by atoms with E-state index in [0.29, 0.717) is 5.92 Å². The third kappa shape index (κ3) is 4.75. The molecule has 0 aromatic carbocycles. The maximum atomic E-state index is 4.28. The van der Waals surface area contributed by atoms with E-state index in [1.54, 1.807) is 6.33 Å². The Labute approximate surface area is 98.5 Å². The van der Waals surface area contributed by atoms with Gasteiger partial charge in [0.05, 0.1) is 6.54 Å². The summed E-state index contributed by atoms with van der Waals surface area (Å²) in [4.78, 5) is 4.28. The summed E-state index contributed by atoms with van der Waals surface area (Å²) in [6.07, 6.45) is 5.35. The molecule has 0 bridgehead atoms. The van der Waals surface area contributed by atoms with E-state index in [-0.39, 0.29) is 0 Å². The van der Waals surface area contributed by atoms with Crippen LogP contribution in [0, 0.1) is 5.92 Å². The Morgan fingerprint density at radius 2 is 2.19 bits per heavy atom. The lowest BCUT2D eigenvalue weighted by molar-refractivity contribution is 0.494. The normalized spacial score (nSPS) is 11.2. The van der Waals surface area contributed by atoms with Crippen molar-refractivity contribution in [2.45, 2.75) is 53.1 Å². The molecule has 0 aliphatic heterocycles. The lowest BCUT2D eigenvalue weighted by Gasteiger charge is -2.08. The fraction of sp³-hybridized carbons (Fsp3) is 0.833. The molecule has 4 heteroatoms. The van der Waals surface area contributed by atoms with Gasteiger partial charge in [-0.25, -0.2) is 9.67 Å². The summed E-state index contributed by atoms with van der Waals surface area (Å²) >= 11 is 0. The molecule has 0 spiro atoms. The molecular weight excluding hydrogens is 200 g/mol. The van der Waals surface area contributed by atoms with Crippen LogP contribution < -0.4 is 5.32 Å². The van der Waals surface area contributed by atoms with Crippen molar-refractivity contribution < 1.29 is 0 Å². The predicted molar refractivity (Wildman–Crippen MR) is 66.1 cm³/mol. The summed E-state index contributed by atoms with van der Waals surface area (Å²) in [6.45, 7) is 9.48. The van der Waals surface area contributed by atoms with Gasteiger partial charge in [-0.1, -0.05) is 33.6 Å². The molecule has 1 N–H and O–H groups in total. The first-order valence-electron chi connectivity index (χ1n) is 6.31. The van der Waals surface area contributed by atoms with Crippen LogP contribution in [-0.2, 0) is 13.1 Å². The van der Waals surface area contributed by atoms with Crippen LogP contribution in [0.15, 0.2) is 6.33 Å². The van der Waals surface area contributed by atoms with Gasteiger partial charge in [0, 0.05) is 6.54 Å². The Balaban J connectivity index is 2.32. The maximum Gasteiger partial charge on any atom is 0.140 e. The molecular formula is C12H24N4. The van der Waals surface area contributed by atoms with E-state index in [2.05, 4.69) is 36.2 Å². The lowest BCUT2D eigenvalue weighted by Crippen LogP contribution is -2.21. The van der Waals surface area contributed by atoms with Crippen molar-refractivity contribution in [3.05, 3.63) is 12.2 Å². The van der Waals surface area contributed by atoms with E-state index in [0.717, 1.165) is 25.5 Å². The second kappa shape index (κ2) is 7.39. The monoisotopic (exact) mass is 224 g/mol. The summed E-state index contributed by atoms with van der Waals surface area (Å²) < 4.78 is 2.02. The minimum atomic E-state index is 0.677. The molecule has 1 rings (SSSR count). The average molecular weight is 224 g/mol. The van der Waals surface area contributed by atoms with Gasteiger partial charge in [-0.3, -0.25) is 0 Å². The van der Waals surface area contributed by atoms with Crippen LogP contribution in [0.25, 0.3) is 0 Å². The molecule has 16 heavy (non-hydrogen) atoms. The third-order valence-electron chi connectivity index (χ3n) is 2.50. The van der Waals surface area contributed by atoms with E-state index in [1.165, 1.54) is 19.3 Å². The van der Waals surface area contributed by atoms with Crippen molar-refractivity contribution in [3.63, 3.8) is 0 Å². The zero-order valence-electron chi connectivity index (χ0n) is 10.7. The molecule has 0 saturated carbocycles. The van der Waals surface area contributed by atoms with Crippen LogP contribution in [0.5, 0.6) is 0 Å². The van der Waals surface area contributed by atoms with Crippen LogP contribution in [0.3, 0.4) is 0 Å². The van der Waals surface area contributed by atoms with Gasteiger partial charge in [0.1, 0.15) is 12.2 Å². The molecule has 0 aliphatic carbocycles. The minimum absolute atomic E-state index is 0.677. The molecule has 0 saturated heterocycles. The number of nitrogens with one attached hydrogen (secondary N) is 1. The number of aryl methyl sites for hydroxylation is 1. The van der Waals surface area contributed by atoms with Gasteiger partial charge in [-0.2, -0.15) is 5.10 Å². The van der Waals surface area contributed by atoms with Crippen molar-refractivity contribution in [1.82, 2.24) is 20.1 Å². The SMILES string of the molecule is CCCCCn1ncnc1CNCC(C)C. The van der Waals surface area contributed by atoms with Crippen molar-refractivity contribution >= 4 is 0 Å². The largest absolute Gasteiger partial charge is 0.310 e. The molecule has 1 aromatic heterocycles. The molecule has 1 aromatic rings. The summed E-state index contributed by atoms with van der Waals surface area (Å²) in [5, 5.41) is 7.65. The Hall–Kier alpha value is -0.900. The summed E-state index contributed by atoms with van der Waals surface area (Å²) in [5.41, 5.74) is 0. The number of rotatable bonds is 8. The first-order valence-corrected chi connectivity index (χ1v) is 6.31. The van der Waals surface area contributed by atoms with Gasteiger partial charge in [-0.15, -0.1) is 0 Å². The standard InChI is InChI=1S/C12H24N4/c1-4-5-6-7-16-12(14-10-15-16)9-13-8-11(2)3/h10-11,13H,4-9H2,1-3H3. The van der Waals surface area contributed by atoms with E-state index in [1.807, 2.05) is 4.68 Å². The van der Waals surface area contributed by atoms with Gasteiger partial charge in [0.25, 0.3) is 0 Å². The van der Waals surface area contributed by atoms with Crippen LogP contribution in [-0.4, -0.2) is 21.3 Å². The average Bonchev–Trinajstić information content (AvgIpc) is 2.66. The van der Waals surface area contributed by atoms with Crippen molar-refractivity contribution in [3.8, 4) is 0 Å². The van der Waals surface area contributed by atoms with Gasteiger partial charge >= 0.3 is 0 Å². The van der Waals surface area contributed by atoms with Crippen LogP contribution >= 0.6 is 0 Å². The lowest BCUT2D eigenvalue weighted by atomic mass is 10.2. The number of hydrogen-bond acceptors (Lipinski definition) is 3. The van der Waals surface area contributed by atoms with Crippen molar-refractivity contribution in [1.29, 1.82) is 0 Å². The third-order valence-corrected chi connectivity index (χ3v) is 2.50. The number of nitrogens with zero attached hydrogens (tertiary/aromatic N) is 3. The van der Waals surface area contributed by atoms with Gasteiger partial charge in [-0.05, 0) is 18.9 Å². The fourth-order valence-electron chi connectivity index (χ4n) is 1.60. The first kappa shape index (κ1) is 13.2. The highest BCUT2D eigenvalue weighted by atomic mass is 15.3. The predicted octanol–water partition coefficient (Wildman–Crippen LogP) is 2.21. The Morgan fingerprint density at radius 3 is 2.88 bits per heavy atom. The highest BCUT2D eigenvalue weighted by Gasteiger charge is 2.03. The smallest absolute Gasteiger partial charge is 0.140 e. The Bertz CT molecular complexity index is 280. The first-order chi connectivity index (χ1) is 7.74. The van der Waals surface area contributed by atoms with Crippen molar-refractivity contribution in [2.75, 3.05) is 6.54 Å². The molecule has 4 nitrogen and oxygen atoms in total. The summed E-state index contributed by atoms with van der Waals surface area (Å²) in [5.74, 6) is 1.73. The van der Waals surface area contributed by atoms with Crippen LogP contribution in [0.4, 0.5) is 0 Å². The van der Waals surface area contributed by atoms with E-state index < -0.39 is 0 Å².